The molecule has 1 N–H and O–H groups in total. The first-order valence-electron chi connectivity index (χ1n) is 11.4. The number of aromatic nitrogens is 4. The number of fused-ring (bicyclic) bond motifs is 1. The molecule has 0 spiro atoms. The molecule has 1 saturated heterocycles. The second-order valence-electron chi connectivity index (χ2n) is 9.37. The number of aryl methyl sites for hydroxylation is 1. The van der Waals surface area contributed by atoms with E-state index in [2.05, 4.69) is 25.3 Å². The second-order valence-corrected chi connectivity index (χ2v) is 10.6. The Morgan fingerprint density at radius 1 is 1.22 bits per heavy atom. The Hall–Kier alpha value is -3.22. The lowest BCUT2D eigenvalue weighted by Crippen LogP contribution is -2.51. The number of nitrogens with zero attached hydrogens (tertiary/aromatic N) is 5. The van der Waals surface area contributed by atoms with Crippen LogP contribution in [-0.2, 0) is 4.79 Å². The van der Waals surface area contributed by atoms with Crippen LogP contribution in [0.2, 0.25) is 0 Å². The van der Waals surface area contributed by atoms with Crippen molar-refractivity contribution in [1.29, 1.82) is 0 Å². The minimum absolute atomic E-state index is 0.122. The van der Waals surface area contributed by atoms with Crippen LogP contribution in [0.4, 0.5) is 23.5 Å². The lowest BCUT2D eigenvalue weighted by molar-refractivity contribution is -0.191. The van der Waals surface area contributed by atoms with E-state index in [1.54, 1.807) is 13.8 Å². The van der Waals surface area contributed by atoms with E-state index < -0.39 is 35.1 Å². The third-order valence-electron chi connectivity index (χ3n) is 6.68. The minimum atomic E-state index is -4.53. The molecule has 0 unspecified atom stereocenters. The highest BCUT2D eigenvalue weighted by Gasteiger charge is 2.67. The van der Waals surface area contributed by atoms with E-state index in [0.29, 0.717) is 20.9 Å². The van der Waals surface area contributed by atoms with Gasteiger partial charge in [0.25, 0.3) is 5.91 Å². The fourth-order valence-electron chi connectivity index (χ4n) is 4.40. The second kappa shape index (κ2) is 8.71. The molecule has 1 aliphatic carbocycles. The Morgan fingerprint density at radius 2 is 1.94 bits per heavy atom. The normalized spacial score (nSPS) is 18.1. The monoisotopic (exact) mass is 522 g/mol. The number of pyridine rings is 1. The van der Waals surface area contributed by atoms with Gasteiger partial charge in [0.1, 0.15) is 21.7 Å². The number of rotatable bonds is 7. The van der Waals surface area contributed by atoms with E-state index >= 15 is 0 Å². The molecular weight excluding hydrogens is 500 g/mol. The summed E-state index contributed by atoms with van der Waals surface area (Å²) in [6, 6.07) is 0.907. The molecule has 13 heteroatoms. The first-order valence-corrected chi connectivity index (χ1v) is 12.2. The molecule has 0 bridgehead atoms. The van der Waals surface area contributed by atoms with Crippen LogP contribution in [0, 0.1) is 24.1 Å². The number of thiazole rings is 1. The number of ketones is 1. The van der Waals surface area contributed by atoms with Crippen LogP contribution in [0.25, 0.3) is 10.3 Å². The number of alkyl halides is 3. The summed E-state index contributed by atoms with van der Waals surface area (Å²) >= 11 is 1.26. The van der Waals surface area contributed by atoms with Gasteiger partial charge >= 0.3 is 6.18 Å². The van der Waals surface area contributed by atoms with E-state index in [1.165, 1.54) is 28.5 Å². The number of anilines is 1. The maximum Gasteiger partial charge on any atom is 0.401 e. The zero-order chi connectivity index (χ0) is 25.8. The zero-order valence-electron chi connectivity index (χ0n) is 19.4. The van der Waals surface area contributed by atoms with Crippen LogP contribution >= 0.6 is 11.3 Å². The first kappa shape index (κ1) is 24.5. The molecule has 190 valence electrons. The molecule has 3 aromatic rings. The topological polar surface area (TPSA) is 101 Å². The summed E-state index contributed by atoms with van der Waals surface area (Å²) in [4.78, 5) is 44.0. The van der Waals surface area contributed by atoms with Crippen molar-refractivity contribution >= 4 is 39.3 Å². The molecule has 2 aliphatic rings. The van der Waals surface area contributed by atoms with E-state index in [0.717, 1.165) is 6.20 Å². The molecular formula is C23H22F4N6O2S. The van der Waals surface area contributed by atoms with E-state index in [1.807, 2.05) is 0 Å². The number of hydrogen-bond acceptors (Lipinski definition) is 8. The number of likely N-dealkylation sites (tertiary alicyclic amines) is 1. The Morgan fingerprint density at radius 3 is 2.58 bits per heavy atom. The summed E-state index contributed by atoms with van der Waals surface area (Å²) in [7, 11) is 0. The Balaban J connectivity index is 1.31. The number of halogens is 4. The van der Waals surface area contributed by atoms with Crippen LogP contribution in [0.1, 0.15) is 53.3 Å². The molecule has 1 saturated carbocycles. The third-order valence-corrected chi connectivity index (χ3v) is 7.65. The fraction of sp³-hybridized carbons (Fsp3) is 0.478. The molecule has 1 aliphatic heterocycles. The Bertz CT molecular complexity index is 1350. The predicted octanol–water partition coefficient (Wildman–Crippen LogP) is 4.48. The van der Waals surface area contributed by atoms with Gasteiger partial charge in [0.15, 0.2) is 11.3 Å². The molecule has 4 heterocycles. The van der Waals surface area contributed by atoms with Crippen molar-refractivity contribution in [2.45, 2.75) is 45.3 Å². The maximum atomic E-state index is 13.6. The van der Waals surface area contributed by atoms with Crippen molar-refractivity contribution in [3.05, 3.63) is 40.5 Å². The van der Waals surface area contributed by atoms with Crippen LogP contribution < -0.4 is 5.32 Å². The van der Waals surface area contributed by atoms with Crippen LogP contribution in [0.3, 0.4) is 0 Å². The highest BCUT2D eigenvalue weighted by Crippen LogP contribution is 2.59. The number of amides is 1. The van der Waals surface area contributed by atoms with Gasteiger partial charge in [-0.15, -0.1) is 11.3 Å². The fourth-order valence-corrected chi connectivity index (χ4v) is 5.24. The van der Waals surface area contributed by atoms with Crippen molar-refractivity contribution in [3.8, 4) is 0 Å². The maximum absolute atomic E-state index is 13.6. The van der Waals surface area contributed by atoms with E-state index in [-0.39, 0.29) is 49.9 Å². The van der Waals surface area contributed by atoms with Crippen molar-refractivity contribution in [1.82, 2.24) is 24.8 Å². The van der Waals surface area contributed by atoms with Crippen molar-refractivity contribution in [2.24, 2.45) is 11.3 Å². The smallest absolute Gasteiger partial charge is 0.348 e. The molecule has 2 fully saturated rings. The van der Waals surface area contributed by atoms with Crippen molar-refractivity contribution in [2.75, 3.05) is 18.4 Å². The molecule has 3 aromatic heterocycles. The van der Waals surface area contributed by atoms with Crippen molar-refractivity contribution in [3.63, 3.8) is 0 Å². The summed E-state index contributed by atoms with van der Waals surface area (Å²) in [5.74, 6) is -1.88. The highest BCUT2D eigenvalue weighted by atomic mass is 32.1. The Kier molecular flexibility index (Phi) is 5.92. The predicted molar refractivity (Wildman–Crippen MR) is 123 cm³/mol. The van der Waals surface area contributed by atoms with Gasteiger partial charge in [0.05, 0.1) is 17.2 Å². The molecule has 8 nitrogen and oxygen atoms in total. The van der Waals surface area contributed by atoms with E-state index in [9.17, 15) is 27.2 Å². The summed E-state index contributed by atoms with van der Waals surface area (Å²) in [6.07, 6.45) is -2.45. The zero-order valence-corrected chi connectivity index (χ0v) is 20.2. The summed E-state index contributed by atoms with van der Waals surface area (Å²) in [6.45, 7) is 3.89. The molecule has 0 aromatic carbocycles. The summed E-state index contributed by atoms with van der Waals surface area (Å²) in [5, 5.41) is 3.73. The standard InChI is InChI=1S/C23H22F4N6O2S/c1-11(14-6-15(24)8-28-7-14)29-21-31-17(18-19(32-21)30-12(2)36-18)20(35)33-9-13(10-33)5-16(34)22(3-4-22)23(25,26)27/h6-8,11,13H,3-5,9-10H2,1-2H3,(H,29,31,32)/t11-/m0/s1. The van der Waals surface area contributed by atoms with Gasteiger partial charge in [0, 0.05) is 31.6 Å². The molecule has 1 amide bonds. The number of nitrogens with one attached hydrogen (secondary N) is 1. The molecule has 36 heavy (non-hydrogen) atoms. The van der Waals surface area contributed by atoms with Gasteiger partial charge in [-0.25, -0.2) is 14.4 Å². The van der Waals surface area contributed by atoms with Crippen LogP contribution in [0.5, 0.6) is 0 Å². The summed E-state index contributed by atoms with van der Waals surface area (Å²) < 4.78 is 53.7. The molecule has 0 radical (unpaired) electrons. The third kappa shape index (κ3) is 4.40. The SMILES string of the molecule is Cc1nc2nc(N[C@@H](C)c3cncc(F)c3)nc(C(=O)N3CC(CC(=O)C4(C(F)(F)F)CC4)C3)c2s1. The molecule has 5 rings (SSSR count). The lowest BCUT2D eigenvalue weighted by Gasteiger charge is -2.39. The van der Waals surface area contributed by atoms with Gasteiger partial charge in [0.2, 0.25) is 5.95 Å². The van der Waals surface area contributed by atoms with Gasteiger partial charge in [-0.2, -0.15) is 18.2 Å². The van der Waals surface area contributed by atoms with Crippen molar-refractivity contribution < 1.29 is 27.2 Å². The largest absolute Gasteiger partial charge is 0.401 e. The highest BCUT2D eigenvalue weighted by molar-refractivity contribution is 7.18. The number of hydrogen-bond donors (Lipinski definition) is 1. The van der Waals surface area contributed by atoms with Crippen LogP contribution in [-0.4, -0.2) is 55.8 Å². The van der Waals surface area contributed by atoms with Crippen LogP contribution in [0.15, 0.2) is 18.5 Å². The lowest BCUT2D eigenvalue weighted by atomic mass is 9.87. The number of Topliss-reactive ketones (excluding diaryl/α,β-unsaturated/α-hetero) is 1. The minimum Gasteiger partial charge on any atom is -0.348 e. The Labute approximate surface area is 207 Å². The van der Waals surface area contributed by atoms with Gasteiger partial charge in [-0.1, -0.05) is 0 Å². The first-order chi connectivity index (χ1) is 17.0. The van der Waals surface area contributed by atoms with Gasteiger partial charge < -0.3 is 10.2 Å². The quantitative estimate of drug-likeness (QED) is 0.457. The van der Waals surface area contributed by atoms with Gasteiger partial charge in [-0.3, -0.25) is 14.6 Å². The number of carbonyl (C=O) groups is 2. The van der Waals surface area contributed by atoms with E-state index in [4.69, 9.17) is 0 Å². The average molecular weight is 523 g/mol. The average Bonchev–Trinajstić information content (AvgIpc) is 3.52. The molecule has 1 atom stereocenters. The summed E-state index contributed by atoms with van der Waals surface area (Å²) in [5.41, 5.74) is -1.18. The van der Waals surface area contributed by atoms with Gasteiger partial charge in [-0.05, 0) is 38.3 Å². The number of carbonyl (C=O) groups excluding carboxylic acids is 2.